The van der Waals surface area contributed by atoms with E-state index in [1.807, 2.05) is 60.7 Å². The average molecular weight is 1400 g/mol. The van der Waals surface area contributed by atoms with Gasteiger partial charge in [0.15, 0.2) is 7.14 Å². The van der Waals surface area contributed by atoms with Crippen molar-refractivity contribution in [1.82, 2.24) is 0 Å². The van der Waals surface area contributed by atoms with Crippen molar-refractivity contribution in [2.24, 2.45) is 0 Å². The van der Waals surface area contributed by atoms with Gasteiger partial charge in [0.2, 0.25) is 0 Å². The molecule has 0 aliphatic heterocycles. The van der Waals surface area contributed by atoms with Crippen LogP contribution < -0.4 is 41.6 Å². The van der Waals surface area contributed by atoms with E-state index in [9.17, 15) is 0 Å². The number of hydrogen-bond donors (Lipinski definition) is 0. The first-order chi connectivity index (χ1) is 53.0. The molecule has 16 aromatic rings. The van der Waals surface area contributed by atoms with Crippen molar-refractivity contribution in [3.63, 3.8) is 0 Å². The smallest absolute Gasteiger partial charge is 0.171 e. The van der Waals surface area contributed by atoms with Crippen LogP contribution in [0.4, 0.5) is 34.1 Å². The molecule has 0 unspecified atom stereocenters. The Hall–Kier alpha value is -12.7. The Balaban J connectivity index is 0.000000146. The molecule has 107 heavy (non-hydrogen) atoms. The fourth-order valence-corrected chi connectivity index (χ4v) is 22.5. The van der Waals surface area contributed by atoms with E-state index in [0.29, 0.717) is 0 Å². The summed E-state index contributed by atoms with van der Waals surface area (Å²) in [4.78, 5) is 4.72. The third-order valence-electron chi connectivity index (χ3n) is 22.0. The number of rotatable bonds is 12. The molecule has 0 bridgehead atoms. The molecule has 3 nitrogen and oxygen atoms in total. The predicted molar refractivity (Wildman–Crippen MR) is 453 cm³/mol. The van der Waals surface area contributed by atoms with Crippen LogP contribution in [0.3, 0.4) is 0 Å². The maximum absolute atomic E-state index is 16.0. The van der Waals surface area contributed by atoms with Crippen LogP contribution >= 0.6 is 15.1 Å². The Morgan fingerprint density at radius 3 is 0.822 bits per heavy atom. The molecular formula is C102H72N2OP2. The van der Waals surface area contributed by atoms with Crippen LogP contribution in [0.1, 0.15) is 66.8 Å². The highest BCUT2D eigenvalue weighted by molar-refractivity contribution is 7.85. The summed E-state index contributed by atoms with van der Waals surface area (Å²) < 4.78 is 16.0. The second-order valence-corrected chi connectivity index (χ2v) is 32.7. The van der Waals surface area contributed by atoms with Gasteiger partial charge < -0.3 is 14.4 Å². The van der Waals surface area contributed by atoms with Crippen molar-refractivity contribution < 1.29 is 4.57 Å². The molecule has 0 atom stereocenters. The maximum Gasteiger partial charge on any atom is 0.171 e. The predicted octanol–water partition coefficient (Wildman–Crippen LogP) is 23.4. The van der Waals surface area contributed by atoms with Crippen LogP contribution in [-0.2, 0) is 15.4 Å². The zero-order valence-corrected chi connectivity index (χ0v) is 60.6. The first kappa shape index (κ1) is 65.1. The number of fused-ring (bicyclic) bond motifs is 18. The van der Waals surface area contributed by atoms with Gasteiger partial charge in [-0.3, -0.25) is 0 Å². The largest absolute Gasteiger partial charge is 0.310 e. The molecule has 0 heterocycles. The lowest BCUT2D eigenvalue weighted by atomic mass is 9.66. The summed E-state index contributed by atoms with van der Waals surface area (Å²) in [6.07, 6.45) is 9.19. The molecule has 0 fully saturated rings. The standard InChI is InChI=1S/C51H36NOP.C51H36NP/c53-54(42-21-9-3-10-22-42,43-23-11-4-12-24-43)44-34-32-38-30-29-37-31-33-41(52(39-17-5-1-6-18-39)40-19-7-2-8-20-40)35-49(37)51(50(38)36-44)47-27-15-13-25-45(47)46-26-14-16-28-48(46)51;1-5-17-39(18-6-1)52(40-19-7-2-8-20-40)41-33-31-37-29-30-38-32-34-44(53(42-21-9-3-10-22-42)43-23-11-4-12-24-43)36-50(38)51(49(37)35-41)47-27-15-13-25-45(47)46-26-14-16-28-48(46)51/h1-36H;1-36H. The Morgan fingerprint density at radius 1 is 0.206 bits per heavy atom. The van der Waals surface area contributed by atoms with Crippen LogP contribution in [-0.4, -0.2) is 0 Å². The van der Waals surface area contributed by atoms with Gasteiger partial charge in [0.1, 0.15) is 0 Å². The topological polar surface area (TPSA) is 23.6 Å². The van der Waals surface area contributed by atoms with Crippen LogP contribution in [0.15, 0.2) is 413 Å². The van der Waals surface area contributed by atoms with E-state index >= 15 is 4.57 Å². The average Bonchev–Trinajstić information content (AvgIpc) is 1.54. The summed E-state index contributed by atoms with van der Waals surface area (Å²) in [5.74, 6) is 0. The second-order valence-electron chi connectivity index (χ2n) is 27.7. The van der Waals surface area contributed by atoms with Crippen LogP contribution in [0.2, 0.25) is 0 Å². The fourth-order valence-electron chi connectivity index (χ4n) is 17.5. The van der Waals surface area contributed by atoms with E-state index in [-0.39, 0.29) is 0 Å². The van der Waals surface area contributed by atoms with Gasteiger partial charge in [-0.05, 0) is 198 Å². The number of anilines is 6. The van der Waals surface area contributed by atoms with Gasteiger partial charge in [0.25, 0.3) is 0 Å². The van der Waals surface area contributed by atoms with Gasteiger partial charge in [-0.25, -0.2) is 0 Å². The lowest BCUT2D eigenvalue weighted by molar-refractivity contribution is 0.592. The van der Waals surface area contributed by atoms with Crippen molar-refractivity contribution in [2.45, 2.75) is 10.8 Å². The molecule has 0 aromatic heterocycles. The Labute approximate surface area is 627 Å². The quantitative estimate of drug-likeness (QED) is 0.114. The van der Waals surface area contributed by atoms with Crippen molar-refractivity contribution >= 4 is 105 Å². The molecule has 0 N–H and O–H groups in total. The lowest BCUT2D eigenvalue weighted by Crippen LogP contribution is -2.32. The minimum absolute atomic E-state index is 0.555. The van der Waals surface area contributed by atoms with E-state index in [1.54, 1.807) is 0 Å². The first-order valence-electron chi connectivity index (χ1n) is 36.7. The number of hydrogen-bond acceptors (Lipinski definition) is 3. The molecule has 4 aliphatic rings. The summed E-state index contributed by atoms with van der Waals surface area (Å²) in [6.45, 7) is 0. The van der Waals surface area contributed by atoms with Crippen LogP contribution in [0.25, 0.3) is 46.6 Å². The molecule has 2 spiro atoms. The molecular weight excluding hydrogens is 1330 g/mol. The number of para-hydroxylation sites is 4. The molecule has 506 valence electrons. The van der Waals surface area contributed by atoms with Gasteiger partial charge >= 0.3 is 0 Å². The minimum atomic E-state index is -3.28. The van der Waals surface area contributed by atoms with Gasteiger partial charge in [-0.15, -0.1) is 0 Å². The highest BCUT2D eigenvalue weighted by Gasteiger charge is 2.51. The Morgan fingerprint density at radius 2 is 0.477 bits per heavy atom. The maximum atomic E-state index is 16.0. The summed E-state index contributed by atoms with van der Waals surface area (Å²) in [5, 5.41) is 6.52. The summed E-state index contributed by atoms with van der Waals surface area (Å²) in [6, 6.07) is 149. The number of benzene rings is 16. The highest BCUT2D eigenvalue weighted by atomic mass is 31.2. The molecule has 0 amide bonds. The van der Waals surface area contributed by atoms with Crippen molar-refractivity contribution in [1.29, 1.82) is 0 Å². The number of nitrogens with zero attached hydrogens (tertiary/aromatic N) is 2. The molecule has 0 saturated carbocycles. The second kappa shape index (κ2) is 27.4. The third-order valence-corrected chi connectivity index (χ3v) is 27.5. The Bertz CT molecular complexity index is 5720. The van der Waals surface area contributed by atoms with E-state index < -0.39 is 25.9 Å². The Kier molecular flexibility index (Phi) is 16.6. The molecule has 20 rings (SSSR count). The normalized spacial score (nSPS) is 13.2. The van der Waals surface area contributed by atoms with Gasteiger partial charge in [0, 0.05) is 50.0 Å². The minimum Gasteiger partial charge on any atom is -0.310 e. The van der Waals surface area contributed by atoms with Crippen LogP contribution in [0, 0.1) is 0 Å². The van der Waals surface area contributed by atoms with E-state index in [0.717, 1.165) is 66.7 Å². The van der Waals surface area contributed by atoms with E-state index in [4.69, 9.17) is 0 Å². The first-order valence-corrected chi connectivity index (χ1v) is 39.8. The zero-order chi connectivity index (χ0) is 71.3. The monoisotopic (exact) mass is 1400 g/mol. The summed E-state index contributed by atoms with van der Waals surface area (Å²) >= 11 is 0. The van der Waals surface area contributed by atoms with Crippen molar-refractivity contribution in [3.05, 3.63) is 479 Å². The molecule has 0 radical (unpaired) electrons. The molecule has 0 saturated heterocycles. The van der Waals surface area contributed by atoms with Gasteiger partial charge in [-0.1, -0.05) is 352 Å². The van der Waals surface area contributed by atoms with E-state index in [2.05, 4.69) is 386 Å². The summed E-state index contributed by atoms with van der Waals surface area (Å²) in [5.41, 5.74) is 25.2. The fraction of sp³-hybridized carbons (Fsp3) is 0.0196. The zero-order valence-electron chi connectivity index (χ0n) is 58.8. The van der Waals surface area contributed by atoms with Crippen LogP contribution in [0.5, 0.6) is 0 Å². The lowest BCUT2D eigenvalue weighted by Gasteiger charge is -2.37. The summed E-state index contributed by atoms with van der Waals surface area (Å²) in [7, 11) is -4.10. The SMILES string of the molecule is C1=Cc2ccc(P(c3ccccc3)c3ccccc3)cc2C2(c3cc(N(c4ccccc4)c4ccccc4)ccc31)c1ccccc1-c1ccccc12.O=P(c1ccccc1)(c1ccccc1)c1ccc2c(c1)C1(c3cc(N(c4ccccc4)c4ccccc4)ccc3C=C2)c2ccccc2-c2ccccc21. The molecule has 4 aliphatic carbocycles. The van der Waals surface area contributed by atoms with Crippen molar-refractivity contribution in [3.8, 4) is 22.3 Å². The molecule has 5 heteroatoms. The van der Waals surface area contributed by atoms with E-state index in [1.165, 1.54) is 88.2 Å². The van der Waals surface area contributed by atoms with Gasteiger partial charge in [0.05, 0.1) is 10.8 Å². The third kappa shape index (κ3) is 10.9. The molecule has 16 aromatic carbocycles. The van der Waals surface area contributed by atoms with Gasteiger partial charge in [-0.2, -0.15) is 0 Å². The highest BCUT2D eigenvalue weighted by Crippen LogP contribution is 2.62. The van der Waals surface area contributed by atoms with Crippen molar-refractivity contribution in [2.75, 3.05) is 9.80 Å².